The Morgan fingerprint density at radius 2 is 2.09 bits per heavy atom. The van der Waals surface area contributed by atoms with Crippen LogP contribution in [0.15, 0.2) is 12.3 Å². The third-order valence-electron chi connectivity index (χ3n) is 3.19. The topological polar surface area (TPSA) is 6.48 Å². The van der Waals surface area contributed by atoms with Crippen LogP contribution in [0.3, 0.4) is 0 Å². The molecule has 3 aliphatic heterocycles. The van der Waals surface area contributed by atoms with Gasteiger partial charge >= 0.3 is 0 Å². The molecule has 3 aliphatic rings. The fourth-order valence-electron chi connectivity index (χ4n) is 2.33. The molecule has 3 heterocycles. The van der Waals surface area contributed by atoms with Crippen LogP contribution in [0.1, 0.15) is 12.8 Å². The monoisotopic (exact) mass is 152 g/mol. The van der Waals surface area contributed by atoms with Crippen molar-refractivity contribution in [3.8, 4) is 0 Å². The SMILES string of the molecule is C=C1C2CCC(CN2C)N1C. The zero-order valence-electron chi connectivity index (χ0n) is 7.38. The largest absolute Gasteiger partial charge is 0.373 e. The predicted molar refractivity (Wildman–Crippen MR) is 46.3 cm³/mol. The van der Waals surface area contributed by atoms with E-state index in [2.05, 4.69) is 30.5 Å². The van der Waals surface area contributed by atoms with E-state index in [1.165, 1.54) is 25.1 Å². The maximum Gasteiger partial charge on any atom is 0.0489 e. The van der Waals surface area contributed by atoms with Crippen molar-refractivity contribution in [3.63, 3.8) is 0 Å². The summed E-state index contributed by atoms with van der Waals surface area (Å²) in [6, 6.07) is 1.36. The molecular formula is C9H16N2. The van der Waals surface area contributed by atoms with Gasteiger partial charge in [-0.15, -0.1) is 0 Å². The average molecular weight is 152 g/mol. The average Bonchev–Trinajstić information content (AvgIpc) is 1.99. The standard InChI is InChI=1S/C9H16N2/c1-7-9-5-4-8(11(7)3)6-10(9)2/h8-9H,1,4-6H2,2-3H3. The summed E-state index contributed by atoms with van der Waals surface area (Å²) in [5.41, 5.74) is 1.31. The third-order valence-corrected chi connectivity index (χ3v) is 3.19. The first-order valence-corrected chi connectivity index (χ1v) is 4.32. The lowest BCUT2D eigenvalue weighted by atomic mass is 9.90. The van der Waals surface area contributed by atoms with Crippen LogP contribution in [-0.2, 0) is 0 Å². The molecule has 3 fully saturated rings. The first kappa shape index (κ1) is 7.17. The lowest BCUT2D eigenvalue weighted by Gasteiger charge is -2.51. The Kier molecular flexibility index (Phi) is 1.46. The Labute approximate surface area is 68.5 Å². The van der Waals surface area contributed by atoms with Gasteiger partial charge in [-0.2, -0.15) is 0 Å². The minimum Gasteiger partial charge on any atom is -0.373 e. The number of hydrogen-bond acceptors (Lipinski definition) is 2. The number of rotatable bonds is 0. The summed E-state index contributed by atoms with van der Waals surface area (Å²) in [5, 5.41) is 0. The molecule has 0 saturated carbocycles. The highest BCUT2D eigenvalue weighted by molar-refractivity contribution is 5.14. The Bertz CT molecular complexity index is 188. The molecule has 0 aliphatic carbocycles. The van der Waals surface area contributed by atoms with E-state index >= 15 is 0 Å². The van der Waals surface area contributed by atoms with E-state index in [0.29, 0.717) is 6.04 Å². The normalized spacial score (nSPS) is 38.4. The Morgan fingerprint density at radius 1 is 1.36 bits per heavy atom. The van der Waals surface area contributed by atoms with Gasteiger partial charge in [-0.1, -0.05) is 6.58 Å². The summed E-state index contributed by atoms with van der Waals surface area (Å²) < 4.78 is 0. The van der Waals surface area contributed by atoms with E-state index in [-0.39, 0.29) is 0 Å². The maximum atomic E-state index is 4.11. The summed E-state index contributed by atoms with van der Waals surface area (Å²) in [7, 11) is 4.38. The van der Waals surface area contributed by atoms with Crippen molar-refractivity contribution < 1.29 is 0 Å². The van der Waals surface area contributed by atoms with Crippen LogP contribution in [0.4, 0.5) is 0 Å². The fraction of sp³-hybridized carbons (Fsp3) is 0.778. The van der Waals surface area contributed by atoms with Crippen LogP contribution in [0.2, 0.25) is 0 Å². The van der Waals surface area contributed by atoms with Crippen LogP contribution >= 0.6 is 0 Å². The molecule has 2 nitrogen and oxygen atoms in total. The third kappa shape index (κ3) is 0.890. The van der Waals surface area contributed by atoms with Gasteiger partial charge in [-0.25, -0.2) is 0 Å². The fourth-order valence-corrected chi connectivity index (χ4v) is 2.33. The Balaban J connectivity index is 2.23. The molecular weight excluding hydrogens is 136 g/mol. The first-order valence-electron chi connectivity index (χ1n) is 4.32. The summed E-state index contributed by atoms with van der Waals surface area (Å²) in [4.78, 5) is 4.78. The first-order chi connectivity index (χ1) is 5.20. The smallest absolute Gasteiger partial charge is 0.0489 e. The zero-order chi connectivity index (χ0) is 8.01. The Morgan fingerprint density at radius 3 is 2.55 bits per heavy atom. The molecule has 3 rings (SSSR count). The second kappa shape index (κ2) is 2.24. The van der Waals surface area contributed by atoms with Crippen LogP contribution in [0.25, 0.3) is 0 Å². The highest BCUT2D eigenvalue weighted by Gasteiger charge is 2.37. The van der Waals surface area contributed by atoms with E-state index in [0.717, 1.165) is 6.04 Å². The van der Waals surface area contributed by atoms with Gasteiger partial charge in [0.1, 0.15) is 0 Å². The lowest BCUT2D eigenvalue weighted by molar-refractivity contribution is 0.0525. The van der Waals surface area contributed by atoms with Gasteiger partial charge in [0.25, 0.3) is 0 Å². The quantitative estimate of drug-likeness (QED) is 0.509. The minimum absolute atomic E-state index is 0.630. The van der Waals surface area contributed by atoms with Gasteiger partial charge < -0.3 is 4.90 Å². The van der Waals surface area contributed by atoms with Gasteiger partial charge in [-0.3, -0.25) is 4.90 Å². The highest BCUT2D eigenvalue weighted by Crippen LogP contribution is 2.32. The van der Waals surface area contributed by atoms with E-state index < -0.39 is 0 Å². The Hall–Kier alpha value is -0.500. The zero-order valence-corrected chi connectivity index (χ0v) is 7.38. The summed E-state index contributed by atoms with van der Waals surface area (Å²) in [6.45, 7) is 5.33. The predicted octanol–water partition coefficient (Wildman–Crippen LogP) is 0.908. The number of hydrogen-bond donors (Lipinski definition) is 0. The van der Waals surface area contributed by atoms with Crippen molar-refractivity contribution in [2.24, 2.45) is 0 Å². The molecule has 2 bridgehead atoms. The van der Waals surface area contributed by atoms with E-state index in [4.69, 9.17) is 0 Å². The summed E-state index contributed by atoms with van der Waals surface area (Å²) in [6.07, 6.45) is 2.66. The lowest BCUT2D eigenvalue weighted by Crippen LogP contribution is -2.58. The number of piperazine rings is 1. The van der Waals surface area contributed by atoms with Crippen molar-refractivity contribution in [2.45, 2.75) is 24.9 Å². The van der Waals surface area contributed by atoms with Gasteiger partial charge in [0, 0.05) is 31.4 Å². The van der Waals surface area contributed by atoms with Gasteiger partial charge in [0.2, 0.25) is 0 Å². The van der Waals surface area contributed by atoms with Crippen LogP contribution in [0.5, 0.6) is 0 Å². The molecule has 0 aromatic carbocycles. The van der Waals surface area contributed by atoms with Crippen molar-refractivity contribution in [2.75, 3.05) is 20.6 Å². The number of fused-ring (bicyclic) bond motifs is 3. The van der Waals surface area contributed by atoms with E-state index in [9.17, 15) is 0 Å². The molecule has 0 amide bonds. The maximum absolute atomic E-state index is 4.11. The molecule has 3 saturated heterocycles. The number of piperidine rings is 2. The van der Waals surface area contributed by atoms with Crippen LogP contribution in [0, 0.1) is 0 Å². The van der Waals surface area contributed by atoms with Crippen molar-refractivity contribution >= 4 is 0 Å². The van der Waals surface area contributed by atoms with Gasteiger partial charge in [0.05, 0.1) is 0 Å². The van der Waals surface area contributed by atoms with Crippen molar-refractivity contribution in [1.82, 2.24) is 9.80 Å². The molecule has 2 unspecified atom stereocenters. The molecule has 0 spiro atoms. The molecule has 62 valence electrons. The highest BCUT2D eigenvalue weighted by atomic mass is 15.3. The van der Waals surface area contributed by atoms with Crippen molar-refractivity contribution in [3.05, 3.63) is 12.3 Å². The van der Waals surface area contributed by atoms with Crippen LogP contribution in [-0.4, -0.2) is 42.5 Å². The summed E-state index contributed by atoms with van der Waals surface area (Å²) in [5.74, 6) is 0. The molecule has 0 aromatic rings. The second-order valence-electron chi connectivity index (χ2n) is 3.79. The molecule has 11 heavy (non-hydrogen) atoms. The minimum atomic E-state index is 0.630. The molecule has 0 N–H and O–H groups in total. The summed E-state index contributed by atoms with van der Waals surface area (Å²) >= 11 is 0. The molecule has 0 aromatic heterocycles. The van der Waals surface area contributed by atoms with E-state index in [1.54, 1.807) is 0 Å². The molecule has 2 heteroatoms. The molecule has 2 atom stereocenters. The van der Waals surface area contributed by atoms with Gasteiger partial charge in [-0.05, 0) is 19.9 Å². The van der Waals surface area contributed by atoms with E-state index in [1.807, 2.05) is 0 Å². The van der Waals surface area contributed by atoms with Crippen LogP contribution < -0.4 is 0 Å². The molecule has 0 radical (unpaired) electrons. The van der Waals surface area contributed by atoms with Crippen molar-refractivity contribution in [1.29, 1.82) is 0 Å². The van der Waals surface area contributed by atoms with Gasteiger partial charge in [0.15, 0.2) is 0 Å². The number of nitrogens with zero attached hydrogens (tertiary/aromatic N) is 2. The second-order valence-corrected chi connectivity index (χ2v) is 3.79. The number of likely N-dealkylation sites (N-methyl/N-ethyl adjacent to an activating group) is 2.